The molecule has 3 aliphatic rings. The van der Waals surface area contributed by atoms with Gasteiger partial charge in [-0.2, -0.15) is 5.26 Å². The molecule has 2 aromatic carbocycles. The van der Waals surface area contributed by atoms with Crippen LogP contribution in [0.2, 0.25) is 5.02 Å². The van der Waals surface area contributed by atoms with E-state index in [2.05, 4.69) is 6.07 Å². The first-order chi connectivity index (χ1) is 16.8. The maximum Gasteiger partial charge on any atom is 0.255 e. The third-order valence-electron chi connectivity index (χ3n) is 6.75. The van der Waals surface area contributed by atoms with Crippen molar-refractivity contribution in [2.45, 2.75) is 18.2 Å². The lowest BCUT2D eigenvalue weighted by molar-refractivity contribution is -0.265. The van der Waals surface area contributed by atoms with Crippen molar-refractivity contribution in [3.8, 4) is 6.07 Å². The Morgan fingerprint density at radius 2 is 2.06 bits per heavy atom. The molecule has 2 saturated heterocycles. The van der Waals surface area contributed by atoms with Gasteiger partial charge in [0, 0.05) is 42.8 Å². The third kappa shape index (κ3) is 4.37. The fourth-order valence-electron chi connectivity index (χ4n) is 4.79. The van der Waals surface area contributed by atoms with E-state index in [0.29, 0.717) is 47.8 Å². The van der Waals surface area contributed by atoms with Gasteiger partial charge in [-0.25, -0.2) is 8.78 Å². The average Bonchev–Trinajstić information content (AvgIpc) is 3.34. The molecule has 2 atom stereocenters. The van der Waals surface area contributed by atoms with E-state index in [4.69, 9.17) is 21.6 Å². The van der Waals surface area contributed by atoms with Gasteiger partial charge in [0.15, 0.2) is 11.6 Å². The first kappa shape index (κ1) is 23.6. The normalized spacial score (nSPS) is 24.4. The molecule has 0 bridgehead atoms. The number of aliphatic hydroxyl groups is 1. The summed E-state index contributed by atoms with van der Waals surface area (Å²) in [5.74, 6) is -4.02. The lowest BCUT2D eigenvalue weighted by atomic mass is 9.99. The number of benzene rings is 2. The van der Waals surface area contributed by atoms with Crippen LogP contribution in [0.3, 0.4) is 0 Å². The fraction of sp³-hybridized carbons (Fsp3) is 0.308. The Morgan fingerprint density at radius 1 is 1.23 bits per heavy atom. The number of nitriles is 1. The minimum atomic E-state index is -1.76. The molecule has 0 saturated carbocycles. The molecule has 180 valence electrons. The highest BCUT2D eigenvalue weighted by atomic mass is 35.5. The van der Waals surface area contributed by atoms with Gasteiger partial charge >= 0.3 is 0 Å². The number of hydrogen-bond acceptors (Lipinski definition) is 5. The largest absolute Gasteiger partial charge is 0.361 e. The van der Waals surface area contributed by atoms with E-state index in [9.17, 15) is 18.7 Å². The molecule has 2 aliphatic heterocycles. The zero-order valence-corrected chi connectivity index (χ0v) is 19.4. The zero-order valence-electron chi connectivity index (χ0n) is 18.7. The van der Waals surface area contributed by atoms with Crippen LogP contribution in [-0.2, 0) is 10.5 Å². The lowest BCUT2D eigenvalue weighted by Gasteiger charge is -2.48. The standard InChI is InChI=1S/C26H22ClF2N3O3/c27-24-20(17-5-4-16(10-17)12-30)2-1-3-21(24)25(33)31-8-9-32-15-26(34,35-14-19(32)13-31)18-6-7-22(28)23(29)11-18/h1-3,5-7,10-11,19,34H,4,8-9,13-15H2/t19-,26-/m0/s1. The molecule has 0 aromatic heterocycles. The summed E-state index contributed by atoms with van der Waals surface area (Å²) in [6.07, 6.45) is 4.24. The van der Waals surface area contributed by atoms with Crippen molar-refractivity contribution in [3.63, 3.8) is 0 Å². The van der Waals surface area contributed by atoms with Gasteiger partial charge in [-0.3, -0.25) is 9.69 Å². The SMILES string of the molecule is N#CC1=CC(c2cccc(C(=O)N3CCN4C[C@@](O)(c5ccc(F)c(F)c5)OC[C@@H]4C3)c2Cl)=CC1. The van der Waals surface area contributed by atoms with Gasteiger partial charge in [0.25, 0.3) is 5.91 Å². The summed E-state index contributed by atoms with van der Waals surface area (Å²) >= 11 is 6.63. The number of fused-ring (bicyclic) bond motifs is 1. The second-order valence-electron chi connectivity index (χ2n) is 8.91. The number of carbonyl (C=O) groups excluding carboxylic acids is 1. The molecule has 1 amide bonds. The minimum absolute atomic E-state index is 0.0721. The van der Waals surface area contributed by atoms with E-state index >= 15 is 0 Å². The van der Waals surface area contributed by atoms with Gasteiger partial charge in [-0.15, -0.1) is 0 Å². The molecule has 2 fully saturated rings. The van der Waals surface area contributed by atoms with Crippen molar-refractivity contribution >= 4 is 23.1 Å². The molecule has 2 heterocycles. The predicted molar refractivity (Wildman–Crippen MR) is 125 cm³/mol. The lowest BCUT2D eigenvalue weighted by Crippen LogP contribution is -2.63. The van der Waals surface area contributed by atoms with Crippen LogP contribution < -0.4 is 0 Å². The summed E-state index contributed by atoms with van der Waals surface area (Å²) in [5.41, 5.74) is 2.70. The van der Waals surface area contributed by atoms with E-state index in [-0.39, 0.29) is 30.7 Å². The van der Waals surface area contributed by atoms with Crippen molar-refractivity contribution in [3.05, 3.63) is 87.5 Å². The van der Waals surface area contributed by atoms with E-state index in [1.165, 1.54) is 6.07 Å². The van der Waals surface area contributed by atoms with Gasteiger partial charge in [0.1, 0.15) is 0 Å². The second kappa shape index (κ2) is 9.17. The molecule has 0 spiro atoms. The van der Waals surface area contributed by atoms with Crippen molar-refractivity contribution < 1.29 is 23.4 Å². The Morgan fingerprint density at radius 3 is 2.80 bits per heavy atom. The summed E-state index contributed by atoms with van der Waals surface area (Å²) < 4.78 is 32.7. The topological polar surface area (TPSA) is 76.8 Å². The molecule has 6 nitrogen and oxygen atoms in total. The first-order valence-corrected chi connectivity index (χ1v) is 11.6. The monoisotopic (exact) mass is 497 g/mol. The van der Waals surface area contributed by atoms with Gasteiger partial charge in [0.05, 0.1) is 35.8 Å². The molecule has 2 aromatic rings. The summed E-state index contributed by atoms with van der Waals surface area (Å²) in [6, 6.07) is 10.5. The highest BCUT2D eigenvalue weighted by Gasteiger charge is 2.43. The first-order valence-electron chi connectivity index (χ1n) is 11.2. The number of amides is 1. The summed E-state index contributed by atoms with van der Waals surface area (Å²) in [5, 5.41) is 20.4. The fourth-order valence-corrected chi connectivity index (χ4v) is 5.11. The number of nitrogens with zero attached hydrogens (tertiary/aromatic N) is 3. The average molecular weight is 498 g/mol. The molecule has 9 heteroatoms. The Kier molecular flexibility index (Phi) is 6.20. The van der Waals surface area contributed by atoms with Crippen LogP contribution in [0.5, 0.6) is 0 Å². The van der Waals surface area contributed by atoms with Crippen molar-refractivity contribution in [2.24, 2.45) is 0 Å². The van der Waals surface area contributed by atoms with Crippen LogP contribution in [0.25, 0.3) is 5.57 Å². The Hall–Kier alpha value is -3.09. The van der Waals surface area contributed by atoms with Crippen LogP contribution in [0, 0.1) is 23.0 Å². The number of hydrogen-bond donors (Lipinski definition) is 1. The number of rotatable bonds is 3. The molecule has 1 N–H and O–H groups in total. The molecular weight excluding hydrogens is 476 g/mol. The van der Waals surface area contributed by atoms with Crippen LogP contribution in [0.4, 0.5) is 8.78 Å². The Balaban J connectivity index is 1.30. The summed E-state index contributed by atoms with van der Waals surface area (Å²) in [4.78, 5) is 17.1. The van der Waals surface area contributed by atoms with Crippen molar-refractivity contribution in [1.82, 2.24) is 9.80 Å². The van der Waals surface area contributed by atoms with Gasteiger partial charge in [-0.05, 0) is 29.8 Å². The van der Waals surface area contributed by atoms with E-state index in [1.54, 1.807) is 23.1 Å². The molecule has 5 rings (SSSR count). The number of carbonyl (C=O) groups is 1. The Labute approximate surface area is 206 Å². The molecule has 0 radical (unpaired) electrons. The smallest absolute Gasteiger partial charge is 0.255 e. The molecule has 35 heavy (non-hydrogen) atoms. The minimum Gasteiger partial charge on any atom is -0.361 e. The van der Waals surface area contributed by atoms with E-state index in [0.717, 1.165) is 17.7 Å². The van der Waals surface area contributed by atoms with Gasteiger partial charge in [0.2, 0.25) is 5.79 Å². The number of halogens is 3. The van der Waals surface area contributed by atoms with Crippen molar-refractivity contribution in [2.75, 3.05) is 32.8 Å². The van der Waals surface area contributed by atoms with E-state index < -0.39 is 17.4 Å². The van der Waals surface area contributed by atoms with Gasteiger partial charge in [-0.1, -0.05) is 35.9 Å². The zero-order chi connectivity index (χ0) is 24.7. The number of allylic oxidation sites excluding steroid dienone is 4. The predicted octanol–water partition coefficient (Wildman–Crippen LogP) is 3.86. The maximum absolute atomic E-state index is 13.7. The summed E-state index contributed by atoms with van der Waals surface area (Å²) in [6.45, 7) is 1.44. The number of morpholine rings is 1. The van der Waals surface area contributed by atoms with Gasteiger partial charge < -0.3 is 14.7 Å². The van der Waals surface area contributed by atoms with Crippen molar-refractivity contribution in [1.29, 1.82) is 5.26 Å². The molecule has 1 aliphatic carbocycles. The highest BCUT2D eigenvalue weighted by Crippen LogP contribution is 2.35. The number of ether oxygens (including phenoxy) is 1. The quantitative estimate of drug-likeness (QED) is 0.697. The third-order valence-corrected chi connectivity index (χ3v) is 7.16. The molecular formula is C26H22ClF2N3O3. The highest BCUT2D eigenvalue weighted by molar-refractivity contribution is 6.35. The van der Waals surface area contributed by atoms with Crippen LogP contribution in [0.1, 0.15) is 27.9 Å². The summed E-state index contributed by atoms with van der Waals surface area (Å²) in [7, 11) is 0. The maximum atomic E-state index is 13.7. The van der Waals surface area contributed by atoms with Crippen LogP contribution in [-0.4, -0.2) is 59.6 Å². The van der Waals surface area contributed by atoms with Crippen LogP contribution in [0.15, 0.2) is 54.1 Å². The second-order valence-corrected chi connectivity index (χ2v) is 9.29. The number of piperazine rings is 1. The van der Waals surface area contributed by atoms with Crippen LogP contribution >= 0.6 is 11.6 Å². The Bertz CT molecular complexity index is 1310. The molecule has 0 unspecified atom stereocenters. The van der Waals surface area contributed by atoms with E-state index in [1.807, 2.05) is 17.0 Å².